The summed E-state index contributed by atoms with van der Waals surface area (Å²) in [4.78, 5) is 50.6. The second kappa shape index (κ2) is 15.4. The number of aryl methyl sites for hydroxylation is 1. The van der Waals surface area contributed by atoms with Gasteiger partial charge < -0.3 is 25.4 Å². The van der Waals surface area contributed by atoms with E-state index in [1.807, 2.05) is 0 Å². The molecule has 3 N–H and O–H groups in total. The molecule has 0 fully saturated rings. The van der Waals surface area contributed by atoms with Crippen molar-refractivity contribution in [2.24, 2.45) is 0 Å². The van der Waals surface area contributed by atoms with Gasteiger partial charge in [0.1, 0.15) is 17.2 Å². The average molecular weight is 641 g/mol. The van der Waals surface area contributed by atoms with Crippen LogP contribution in [0.4, 0.5) is 17.1 Å². The molecular formula is C34H32N4O7S. The number of nitrogens with one attached hydrogen (secondary N) is 3. The fourth-order valence-electron chi connectivity index (χ4n) is 4.26. The maximum absolute atomic E-state index is 13.5. The number of ether oxygens (including phenoxy) is 2. The van der Waals surface area contributed by atoms with Crippen LogP contribution >= 0.6 is 11.8 Å². The first-order chi connectivity index (χ1) is 22.1. The van der Waals surface area contributed by atoms with Crippen LogP contribution in [0.2, 0.25) is 0 Å². The van der Waals surface area contributed by atoms with E-state index in [1.54, 1.807) is 86.6 Å². The fourth-order valence-corrected chi connectivity index (χ4v) is 5.13. The lowest BCUT2D eigenvalue weighted by molar-refractivity contribution is -0.384. The molecule has 0 saturated heterocycles. The Labute approximate surface area is 270 Å². The maximum Gasteiger partial charge on any atom is 0.272 e. The number of anilines is 2. The lowest BCUT2D eigenvalue weighted by Crippen LogP contribution is -2.30. The summed E-state index contributed by atoms with van der Waals surface area (Å²) in [7, 11) is 3.03. The highest BCUT2D eigenvalue weighted by atomic mass is 32.2. The number of non-ortho nitro benzene ring substituents is 1. The molecule has 1 atom stereocenters. The molecule has 0 aromatic heterocycles. The fraction of sp³-hybridized carbons (Fsp3) is 0.147. The van der Waals surface area contributed by atoms with E-state index in [4.69, 9.17) is 9.47 Å². The molecule has 0 spiro atoms. The number of methoxy groups -OCH3 is 2. The third-order valence-corrected chi connectivity index (χ3v) is 7.85. The van der Waals surface area contributed by atoms with E-state index < -0.39 is 22.0 Å². The maximum atomic E-state index is 13.5. The summed E-state index contributed by atoms with van der Waals surface area (Å²) < 4.78 is 10.8. The first-order valence-electron chi connectivity index (χ1n) is 14.0. The first-order valence-corrected chi connectivity index (χ1v) is 14.9. The molecule has 236 valence electrons. The van der Waals surface area contributed by atoms with Gasteiger partial charge >= 0.3 is 0 Å². The molecule has 0 aliphatic rings. The van der Waals surface area contributed by atoms with Gasteiger partial charge in [-0.25, -0.2) is 0 Å². The Morgan fingerprint density at radius 2 is 1.61 bits per heavy atom. The molecule has 0 aliphatic carbocycles. The van der Waals surface area contributed by atoms with Crippen molar-refractivity contribution in [3.8, 4) is 11.5 Å². The largest absolute Gasteiger partial charge is 0.497 e. The zero-order valence-electron chi connectivity index (χ0n) is 25.5. The molecule has 0 heterocycles. The zero-order valence-corrected chi connectivity index (χ0v) is 26.3. The van der Waals surface area contributed by atoms with Crippen molar-refractivity contribution in [1.29, 1.82) is 0 Å². The summed E-state index contributed by atoms with van der Waals surface area (Å²) in [5.41, 5.74) is 2.36. The highest BCUT2D eigenvalue weighted by Crippen LogP contribution is 2.28. The summed E-state index contributed by atoms with van der Waals surface area (Å²) in [5, 5.41) is 18.8. The van der Waals surface area contributed by atoms with Gasteiger partial charge in [0.2, 0.25) is 5.91 Å². The molecule has 4 aromatic carbocycles. The van der Waals surface area contributed by atoms with Gasteiger partial charge in [-0.05, 0) is 86.2 Å². The van der Waals surface area contributed by atoms with Crippen molar-refractivity contribution in [2.75, 3.05) is 24.9 Å². The van der Waals surface area contributed by atoms with Gasteiger partial charge in [-0.2, -0.15) is 0 Å². The van der Waals surface area contributed by atoms with E-state index in [9.17, 15) is 24.5 Å². The number of nitro groups is 1. The average Bonchev–Trinajstić information content (AvgIpc) is 3.06. The number of thioether (sulfide) groups is 1. The van der Waals surface area contributed by atoms with Gasteiger partial charge in [-0.1, -0.05) is 18.2 Å². The van der Waals surface area contributed by atoms with Gasteiger partial charge in [0, 0.05) is 39.5 Å². The molecule has 0 bridgehead atoms. The molecule has 0 saturated carbocycles. The van der Waals surface area contributed by atoms with Crippen LogP contribution in [0, 0.1) is 17.0 Å². The molecule has 4 rings (SSSR count). The van der Waals surface area contributed by atoms with Crippen LogP contribution in [-0.4, -0.2) is 42.1 Å². The van der Waals surface area contributed by atoms with E-state index in [0.717, 1.165) is 4.90 Å². The predicted molar refractivity (Wildman–Crippen MR) is 178 cm³/mol. The Morgan fingerprint density at radius 1 is 0.891 bits per heavy atom. The number of rotatable bonds is 12. The van der Waals surface area contributed by atoms with Crippen LogP contribution in [0.3, 0.4) is 0 Å². The lowest BCUT2D eigenvalue weighted by atomic mass is 10.1. The number of nitro benzene ring substituents is 1. The zero-order chi connectivity index (χ0) is 33.2. The smallest absolute Gasteiger partial charge is 0.272 e. The number of hydrogen-bond donors (Lipinski definition) is 3. The molecule has 46 heavy (non-hydrogen) atoms. The highest BCUT2D eigenvalue weighted by molar-refractivity contribution is 8.00. The van der Waals surface area contributed by atoms with Gasteiger partial charge in [0.05, 0.1) is 24.4 Å². The SMILES string of the molecule is COc1ccc(OC)c(/C=C(\NC(=O)c2ccccc2)C(=O)Nc2ccc(SC(C)C(=O)Nc3ccc([N+](=O)[O-])cc3C)cc2)c1. The second-order valence-electron chi connectivity index (χ2n) is 9.97. The molecule has 0 aliphatic heterocycles. The minimum absolute atomic E-state index is 0.0225. The molecule has 11 nitrogen and oxygen atoms in total. The van der Waals surface area contributed by atoms with E-state index in [-0.39, 0.29) is 17.3 Å². The van der Waals surface area contributed by atoms with E-state index in [1.165, 1.54) is 50.3 Å². The minimum atomic E-state index is -0.569. The third-order valence-electron chi connectivity index (χ3n) is 6.74. The molecule has 4 aromatic rings. The quantitative estimate of drug-likeness (QED) is 0.0693. The highest BCUT2D eigenvalue weighted by Gasteiger charge is 2.19. The van der Waals surface area contributed by atoms with Crippen LogP contribution < -0.4 is 25.4 Å². The first kappa shape index (κ1) is 33.3. The van der Waals surface area contributed by atoms with Crippen molar-refractivity contribution < 1.29 is 28.8 Å². The monoisotopic (exact) mass is 640 g/mol. The van der Waals surface area contributed by atoms with Crippen LogP contribution in [0.1, 0.15) is 28.4 Å². The van der Waals surface area contributed by atoms with Crippen molar-refractivity contribution in [2.45, 2.75) is 24.0 Å². The van der Waals surface area contributed by atoms with Gasteiger partial charge in [-0.3, -0.25) is 24.5 Å². The number of benzene rings is 4. The molecule has 12 heteroatoms. The van der Waals surface area contributed by atoms with Crippen molar-refractivity contribution in [3.05, 3.63) is 123 Å². The van der Waals surface area contributed by atoms with Gasteiger partial charge in [0.25, 0.3) is 17.5 Å². The van der Waals surface area contributed by atoms with Gasteiger partial charge in [0.15, 0.2) is 0 Å². The van der Waals surface area contributed by atoms with Crippen molar-refractivity contribution >= 4 is 52.6 Å². The normalized spacial score (nSPS) is 11.6. The summed E-state index contributed by atoms with van der Waals surface area (Å²) in [6, 6.07) is 24.8. The second-order valence-corrected chi connectivity index (χ2v) is 11.4. The van der Waals surface area contributed by atoms with E-state index in [0.29, 0.717) is 39.6 Å². The lowest BCUT2D eigenvalue weighted by Gasteiger charge is -2.15. The number of carbonyl (C=O) groups excluding carboxylic acids is 3. The number of hydrogen-bond acceptors (Lipinski definition) is 8. The molecule has 0 radical (unpaired) electrons. The van der Waals surface area contributed by atoms with E-state index in [2.05, 4.69) is 16.0 Å². The van der Waals surface area contributed by atoms with E-state index >= 15 is 0 Å². The molecule has 3 amide bonds. The van der Waals surface area contributed by atoms with Crippen LogP contribution in [0.25, 0.3) is 6.08 Å². The summed E-state index contributed by atoms with van der Waals surface area (Å²) in [6.45, 7) is 3.43. The molecular weight excluding hydrogens is 608 g/mol. The summed E-state index contributed by atoms with van der Waals surface area (Å²) in [5.74, 6) is -0.285. The standard InChI is InChI=1S/C34H32N4O7S/c1-21-18-26(38(42)43)12-16-29(21)36-32(39)22(2)46-28-14-10-25(11-15-28)35-34(41)30(37-33(40)23-8-6-5-7-9-23)20-24-19-27(44-3)13-17-31(24)45-4/h5-20,22H,1-4H3,(H,35,41)(H,36,39)(H,37,40)/b30-20-. The minimum Gasteiger partial charge on any atom is -0.497 e. The van der Waals surface area contributed by atoms with Crippen molar-refractivity contribution in [3.63, 3.8) is 0 Å². The van der Waals surface area contributed by atoms with Crippen LogP contribution in [0.5, 0.6) is 11.5 Å². The third kappa shape index (κ3) is 8.73. The summed E-state index contributed by atoms with van der Waals surface area (Å²) in [6.07, 6.45) is 1.51. The Balaban J connectivity index is 1.47. The Kier molecular flexibility index (Phi) is 11.1. The van der Waals surface area contributed by atoms with Crippen molar-refractivity contribution in [1.82, 2.24) is 5.32 Å². The Morgan fingerprint density at radius 3 is 2.24 bits per heavy atom. The Bertz CT molecular complexity index is 1780. The summed E-state index contributed by atoms with van der Waals surface area (Å²) >= 11 is 1.31. The van der Waals surface area contributed by atoms with Crippen LogP contribution in [0.15, 0.2) is 102 Å². The topological polar surface area (TPSA) is 149 Å². The Hall–Kier alpha value is -5.62. The number of nitrogens with zero attached hydrogens (tertiary/aromatic N) is 1. The predicted octanol–water partition coefficient (Wildman–Crippen LogP) is 6.45. The van der Waals surface area contributed by atoms with Crippen LogP contribution in [-0.2, 0) is 9.59 Å². The molecule has 1 unspecified atom stereocenters. The number of carbonyl (C=O) groups is 3. The number of amides is 3. The van der Waals surface area contributed by atoms with Gasteiger partial charge in [-0.15, -0.1) is 11.8 Å².